The lowest BCUT2D eigenvalue weighted by atomic mass is 10.1. The summed E-state index contributed by atoms with van der Waals surface area (Å²) in [5.74, 6) is 0.573. The number of rotatable bonds is 4. The highest BCUT2D eigenvalue weighted by Crippen LogP contribution is 2.25. The maximum absolute atomic E-state index is 13.0. The van der Waals surface area contributed by atoms with Crippen molar-refractivity contribution in [3.8, 4) is 11.1 Å². The van der Waals surface area contributed by atoms with Crippen molar-refractivity contribution in [2.24, 2.45) is 7.05 Å². The molecule has 0 bridgehead atoms. The fourth-order valence-corrected chi connectivity index (χ4v) is 4.00. The Morgan fingerprint density at radius 2 is 1.82 bits per heavy atom. The molecule has 0 radical (unpaired) electrons. The zero-order valence-corrected chi connectivity index (χ0v) is 19.1. The number of anilines is 2. The average molecular weight is 463 g/mol. The van der Waals surface area contributed by atoms with Gasteiger partial charge in [0.1, 0.15) is 5.82 Å². The third-order valence-electron chi connectivity index (χ3n) is 5.76. The van der Waals surface area contributed by atoms with Gasteiger partial charge >= 0.3 is 0 Å². The van der Waals surface area contributed by atoms with Gasteiger partial charge in [-0.2, -0.15) is 5.10 Å². The molecule has 168 valence electrons. The second kappa shape index (κ2) is 8.76. The van der Waals surface area contributed by atoms with Gasteiger partial charge in [-0.1, -0.05) is 23.7 Å². The maximum Gasteiger partial charge on any atom is 0.259 e. The summed E-state index contributed by atoms with van der Waals surface area (Å²) in [4.78, 5) is 30.7. The van der Waals surface area contributed by atoms with Crippen LogP contribution >= 0.6 is 11.6 Å². The lowest BCUT2D eigenvalue weighted by molar-refractivity contribution is 0.102. The highest BCUT2D eigenvalue weighted by Gasteiger charge is 2.19. The van der Waals surface area contributed by atoms with Crippen LogP contribution in [0, 0.1) is 0 Å². The van der Waals surface area contributed by atoms with E-state index in [4.69, 9.17) is 11.6 Å². The Balaban J connectivity index is 1.39. The summed E-state index contributed by atoms with van der Waals surface area (Å²) < 4.78 is 1.75. The second-order valence-electron chi connectivity index (χ2n) is 8.14. The van der Waals surface area contributed by atoms with Crippen LogP contribution in [0.4, 0.5) is 11.8 Å². The highest BCUT2D eigenvalue weighted by molar-refractivity contribution is 6.34. The molecule has 1 aliphatic heterocycles. The van der Waals surface area contributed by atoms with Crippen molar-refractivity contribution < 1.29 is 4.79 Å². The molecular formula is C23H23ClN8O. The summed E-state index contributed by atoms with van der Waals surface area (Å²) in [5, 5.41) is 8.15. The van der Waals surface area contributed by atoms with E-state index in [1.54, 1.807) is 23.1 Å². The predicted molar refractivity (Wildman–Crippen MR) is 129 cm³/mol. The van der Waals surface area contributed by atoms with Crippen molar-refractivity contribution >= 4 is 40.2 Å². The number of halogens is 1. The van der Waals surface area contributed by atoms with Crippen LogP contribution in [0.2, 0.25) is 5.02 Å². The molecule has 0 atom stereocenters. The molecule has 5 rings (SSSR count). The van der Waals surface area contributed by atoms with E-state index in [0.717, 1.165) is 54.0 Å². The summed E-state index contributed by atoms with van der Waals surface area (Å²) in [7, 11) is 3.97. The number of hydrogen-bond donors (Lipinski definition) is 1. The van der Waals surface area contributed by atoms with Crippen LogP contribution < -0.4 is 10.2 Å². The molecule has 1 aliphatic rings. The van der Waals surface area contributed by atoms with E-state index in [-0.39, 0.29) is 16.9 Å². The summed E-state index contributed by atoms with van der Waals surface area (Å²) in [5.41, 5.74) is 3.04. The quantitative estimate of drug-likeness (QED) is 0.498. The van der Waals surface area contributed by atoms with E-state index in [9.17, 15) is 4.79 Å². The van der Waals surface area contributed by atoms with Gasteiger partial charge in [0.05, 0.1) is 22.3 Å². The van der Waals surface area contributed by atoms with E-state index in [2.05, 4.69) is 42.2 Å². The number of aromatic nitrogens is 5. The number of carbonyl (C=O) groups excluding carboxylic acids is 1. The van der Waals surface area contributed by atoms with E-state index < -0.39 is 0 Å². The molecular weight excluding hydrogens is 440 g/mol. The second-order valence-corrected chi connectivity index (χ2v) is 8.54. The average Bonchev–Trinajstić information content (AvgIpc) is 3.26. The molecule has 4 aromatic rings. The van der Waals surface area contributed by atoms with Gasteiger partial charge < -0.3 is 9.80 Å². The molecule has 3 aromatic heterocycles. The van der Waals surface area contributed by atoms with Crippen LogP contribution in [0.15, 0.2) is 49.1 Å². The lowest BCUT2D eigenvalue weighted by Crippen LogP contribution is -2.44. The molecule has 10 heteroatoms. The third kappa shape index (κ3) is 4.50. The van der Waals surface area contributed by atoms with Crippen LogP contribution in [0.1, 0.15) is 10.4 Å². The number of likely N-dealkylation sites (N-methyl/N-ethyl adjacent to an activating group) is 1. The first-order valence-electron chi connectivity index (χ1n) is 10.6. The number of piperazine rings is 1. The van der Waals surface area contributed by atoms with Gasteiger partial charge in [-0.3, -0.25) is 14.8 Å². The SMILES string of the molecule is CN1CCN(c2cc(C(=O)Nc3ncc4ccc(-c5cnn(C)c5)cc4n3)c(Cl)cn2)CC1. The van der Waals surface area contributed by atoms with Crippen LogP contribution in [0.3, 0.4) is 0 Å². The van der Waals surface area contributed by atoms with Gasteiger partial charge in [-0.15, -0.1) is 0 Å². The first kappa shape index (κ1) is 21.3. The fraction of sp³-hybridized carbons (Fsp3) is 0.261. The van der Waals surface area contributed by atoms with Crippen molar-refractivity contribution in [2.75, 3.05) is 43.4 Å². The minimum absolute atomic E-state index is 0.213. The number of nitrogens with zero attached hydrogens (tertiary/aromatic N) is 7. The summed E-state index contributed by atoms with van der Waals surface area (Å²) in [6, 6.07) is 7.63. The lowest BCUT2D eigenvalue weighted by Gasteiger charge is -2.33. The van der Waals surface area contributed by atoms with Gasteiger partial charge in [0.15, 0.2) is 0 Å². The molecule has 1 aromatic carbocycles. The number of hydrogen-bond acceptors (Lipinski definition) is 7. The van der Waals surface area contributed by atoms with Crippen LogP contribution in [-0.2, 0) is 7.05 Å². The number of benzene rings is 1. The first-order valence-corrected chi connectivity index (χ1v) is 11.0. The van der Waals surface area contributed by atoms with Gasteiger partial charge in [0, 0.05) is 62.8 Å². The number of carbonyl (C=O) groups is 1. The molecule has 1 saturated heterocycles. The van der Waals surface area contributed by atoms with Gasteiger partial charge in [-0.25, -0.2) is 15.0 Å². The molecule has 0 spiro atoms. The third-order valence-corrected chi connectivity index (χ3v) is 6.06. The van der Waals surface area contributed by atoms with Crippen LogP contribution in [-0.4, -0.2) is 68.8 Å². The Morgan fingerprint density at radius 1 is 1.00 bits per heavy atom. The normalized spacial score (nSPS) is 14.6. The molecule has 0 aliphatic carbocycles. The molecule has 33 heavy (non-hydrogen) atoms. The van der Waals surface area contributed by atoms with Crippen molar-refractivity contribution in [1.29, 1.82) is 0 Å². The van der Waals surface area contributed by atoms with Crippen LogP contribution in [0.5, 0.6) is 0 Å². The zero-order valence-electron chi connectivity index (χ0n) is 18.4. The van der Waals surface area contributed by atoms with E-state index in [0.29, 0.717) is 5.56 Å². The number of nitrogens with one attached hydrogen (secondary N) is 1. The van der Waals surface area contributed by atoms with Crippen molar-refractivity contribution in [3.63, 3.8) is 0 Å². The number of pyridine rings is 1. The number of aryl methyl sites for hydroxylation is 1. The fourth-order valence-electron chi connectivity index (χ4n) is 3.81. The van der Waals surface area contributed by atoms with Crippen molar-refractivity contribution in [1.82, 2.24) is 29.6 Å². The highest BCUT2D eigenvalue weighted by atomic mass is 35.5. The number of amides is 1. The molecule has 4 heterocycles. The summed E-state index contributed by atoms with van der Waals surface area (Å²) in [6.07, 6.45) is 6.95. The van der Waals surface area contributed by atoms with E-state index >= 15 is 0 Å². The number of fused-ring (bicyclic) bond motifs is 1. The Bertz CT molecular complexity index is 1330. The summed E-state index contributed by atoms with van der Waals surface area (Å²) >= 11 is 6.31. The monoisotopic (exact) mass is 462 g/mol. The van der Waals surface area contributed by atoms with Gasteiger partial charge in [0.25, 0.3) is 5.91 Å². The topological polar surface area (TPSA) is 92.1 Å². The van der Waals surface area contributed by atoms with E-state index in [1.807, 2.05) is 31.4 Å². The molecule has 0 saturated carbocycles. The Morgan fingerprint density at radius 3 is 2.58 bits per heavy atom. The van der Waals surface area contributed by atoms with Gasteiger partial charge in [0.2, 0.25) is 5.95 Å². The molecule has 1 N–H and O–H groups in total. The minimum Gasteiger partial charge on any atom is -0.354 e. The molecule has 1 fully saturated rings. The molecule has 0 unspecified atom stereocenters. The molecule has 9 nitrogen and oxygen atoms in total. The summed E-state index contributed by atoms with van der Waals surface area (Å²) in [6.45, 7) is 3.58. The Kier molecular flexibility index (Phi) is 5.65. The van der Waals surface area contributed by atoms with Gasteiger partial charge in [-0.05, 0) is 24.7 Å². The maximum atomic E-state index is 13.0. The van der Waals surface area contributed by atoms with Crippen molar-refractivity contribution in [2.45, 2.75) is 0 Å². The van der Waals surface area contributed by atoms with Crippen molar-refractivity contribution in [3.05, 3.63) is 59.6 Å². The molecule has 1 amide bonds. The first-order chi connectivity index (χ1) is 16.0. The smallest absolute Gasteiger partial charge is 0.259 e. The zero-order chi connectivity index (χ0) is 22.9. The Labute approximate surface area is 196 Å². The van der Waals surface area contributed by atoms with E-state index in [1.165, 1.54) is 6.20 Å². The van der Waals surface area contributed by atoms with Crippen LogP contribution in [0.25, 0.3) is 22.0 Å². The predicted octanol–water partition coefficient (Wildman–Crippen LogP) is 3.08. The minimum atomic E-state index is -0.374. The standard InChI is InChI=1S/C23H23ClN8O/c1-30-5-7-32(8-6-30)21-10-18(19(24)13-25-21)22(33)29-23-26-11-16-4-3-15(9-20(16)28-23)17-12-27-31(2)14-17/h3-4,9-14H,5-8H2,1-2H3,(H,26,28,29,33). The largest absolute Gasteiger partial charge is 0.354 e. The Hall–Kier alpha value is -3.56.